The number of amides is 3. The van der Waals surface area contributed by atoms with Crippen LogP contribution < -0.4 is 15.4 Å². The van der Waals surface area contributed by atoms with Crippen molar-refractivity contribution in [2.24, 2.45) is 5.92 Å². The number of rotatable bonds is 8. The number of nitrogens with one attached hydrogen (secondary N) is 2. The number of Topliss-reactive ketones (excluding diaryl/α,β-unsaturated/α-hetero) is 1. The predicted molar refractivity (Wildman–Crippen MR) is 147 cm³/mol. The van der Waals surface area contributed by atoms with Crippen molar-refractivity contribution >= 4 is 23.5 Å². The van der Waals surface area contributed by atoms with E-state index in [0.717, 1.165) is 12.1 Å². The van der Waals surface area contributed by atoms with Crippen molar-refractivity contribution in [3.05, 3.63) is 83.0 Å². The number of carbonyl (C=O) groups is 4. The number of furan rings is 1. The summed E-state index contributed by atoms with van der Waals surface area (Å²) >= 11 is 0. The highest BCUT2D eigenvalue weighted by atomic mass is 19.4. The van der Waals surface area contributed by atoms with Crippen LogP contribution in [0.25, 0.3) is 11.3 Å². The van der Waals surface area contributed by atoms with E-state index in [0.29, 0.717) is 11.2 Å². The van der Waals surface area contributed by atoms with Gasteiger partial charge >= 0.3 is 12.1 Å². The summed E-state index contributed by atoms with van der Waals surface area (Å²) in [5.41, 5.74) is -0.857. The molecule has 43 heavy (non-hydrogen) atoms. The zero-order chi connectivity index (χ0) is 31.3. The molecule has 13 heteroatoms. The summed E-state index contributed by atoms with van der Waals surface area (Å²) in [7, 11) is 0. The lowest BCUT2D eigenvalue weighted by atomic mass is 10.0. The smallest absolute Gasteiger partial charge is 0.416 e. The summed E-state index contributed by atoms with van der Waals surface area (Å²) in [6.07, 6.45) is -2.49. The Kier molecular flexibility index (Phi) is 9.52. The summed E-state index contributed by atoms with van der Waals surface area (Å²) in [5.74, 6) is -2.56. The zero-order valence-electron chi connectivity index (χ0n) is 23.5. The van der Waals surface area contributed by atoms with E-state index in [1.807, 2.05) is 13.8 Å². The van der Waals surface area contributed by atoms with Crippen LogP contribution in [-0.2, 0) is 15.8 Å². The lowest BCUT2D eigenvalue weighted by Gasteiger charge is -2.23. The van der Waals surface area contributed by atoms with E-state index >= 15 is 0 Å². The van der Waals surface area contributed by atoms with Gasteiger partial charge < -0.3 is 25.2 Å². The third kappa shape index (κ3) is 7.79. The van der Waals surface area contributed by atoms with Gasteiger partial charge in [0.15, 0.2) is 17.7 Å². The number of hydrogen-bond donors (Lipinski definition) is 2. The van der Waals surface area contributed by atoms with Crippen LogP contribution in [0.4, 0.5) is 13.2 Å². The third-order valence-electron chi connectivity index (χ3n) is 6.94. The van der Waals surface area contributed by atoms with Crippen LogP contribution in [-0.4, -0.2) is 53.6 Å². The summed E-state index contributed by atoms with van der Waals surface area (Å²) in [6, 6.07) is 9.58. The maximum Gasteiger partial charge on any atom is 0.416 e. The van der Waals surface area contributed by atoms with E-state index in [9.17, 15) is 37.6 Å². The van der Waals surface area contributed by atoms with Crippen molar-refractivity contribution in [2.45, 2.75) is 51.4 Å². The highest BCUT2D eigenvalue weighted by Crippen LogP contribution is 2.32. The minimum Gasteiger partial charge on any atom is -0.618 e. The molecular formula is C30H31F3N4O6. The van der Waals surface area contributed by atoms with E-state index < -0.39 is 47.3 Å². The van der Waals surface area contributed by atoms with Crippen LogP contribution in [0.2, 0.25) is 0 Å². The molecule has 0 saturated carbocycles. The first-order chi connectivity index (χ1) is 20.3. The van der Waals surface area contributed by atoms with Gasteiger partial charge in [-0.2, -0.15) is 17.9 Å². The Morgan fingerprint density at radius 3 is 2.58 bits per heavy atom. The van der Waals surface area contributed by atoms with Crippen molar-refractivity contribution in [3.8, 4) is 11.3 Å². The molecule has 3 heterocycles. The number of aromatic nitrogens is 1. The predicted octanol–water partition coefficient (Wildman–Crippen LogP) is 3.73. The average molecular weight is 601 g/mol. The maximum atomic E-state index is 13.3. The van der Waals surface area contributed by atoms with Gasteiger partial charge in [0.25, 0.3) is 11.6 Å². The number of likely N-dealkylation sites (tertiary alicyclic amines) is 1. The maximum absolute atomic E-state index is 13.3. The fraction of sp³-hybridized carbons (Fsp3) is 0.367. The number of nitrogens with zero attached hydrogens (tertiary/aromatic N) is 2. The standard InChI is InChI=1S/C30H31F3N4O6/c1-18(2)15-22(35-28(40)26-12-11-25(43-26)19-7-5-8-20(16-19)30(31,32)33)27(39)34-21-9-6-13-36(17-24(21)38)29(41)23-10-3-4-14-37(23)42/h3-5,7-8,10-12,14,16,18,21-22H,6,9,13,15,17H2,1-2H3,(H,34,39)(H,35,40)/t21?,22-/m1/s1. The highest BCUT2D eigenvalue weighted by Gasteiger charge is 2.34. The van der Waals surface area contributed by atoms with Crippen LogP contribution in [0.5, 0.6) is 0 Å². The average Bonchev–Trinajstić information content (AvgIpc) is 3.38. The van der Waals surface area contributed by atoms with Gasteiger partial charge in [-0.15, -0.1) is 0 Å². The summed E-state index contributed by atoms with van der Waals surface area (Å²) in [5, 5.41) is 17.3. The van der Waals surface area contributed by atoms with Gasteiger partial charge in [-0.25, -0.2) is 0 Å². The van der Waals surface area contributed by atoms with Gasteiger partial charge in [0.1, 0.15) is 11.8 Å². The van der Waals surface area contributed by atoms with Gasteiger partial charge in [0.2, 0.25) is 5.91 Å². The molecule has 0 bridgehead atoms. The Labute approximate surface area is 245 Å². The van der Waals surface area contributed by atoms with Crippen molar-refractivity contribution in [1.82, 2.24) is 15.5 Å². The van der Waals surface area contributed by atoms with E-state index in [1.165, 1.54) is 47.5 Å². The molecule has 10 nitrogen and oxygen atoms in total. The molecule has 1 aliphatic rings. The molecule has 3 aromatic rings. The number of benzene rings is 1. The number of hydrogen-bond acceptors (Lipinski definition) is 6. The lowest BCUT2D eigenvalue weighted by molar-refractivity contribution is -0.608. The number of pyridine rings is 1. The van der Waals surface area contributed by atoms with Gasteiger partial charge in [-0.1, -0.05) is 26.0 Å². The van der Waals surface area contributed by atoms with Gasteiger partial charge in [-0.3, -0.25) is 19.2 Å². The number of halogens is 3. The van der Waals surface area contributed by atoms with Crippen LogP contribution in [0.15, 0.2) is 65.2 Å². The number of carbonyl (C=O) groups excluding carboxylic acids is 4. The normalized spacial score (nSPS) is 16.5. The Hall–Kier alpha value is -4.68. The first-order valence-electron chi connectivity index (χ1n) is 13.7. The first kappa shape index (κ1) is 31.3. The van der Waals surface area contributed by atoms with E-state index in [4.69, 9.17) is 4.42 Å². The highest BCUT2D eigenvalue weighted by molar-refractivity contribution is 5.99. The van der Waals surface area contributed by atoms with Gasteiger partial charge in [-0.05, 0) is 55.5 Å². The molecule has 2 N–H and O–H groups in total. The zero-order valence-corrected chi connectivity index (χ0v) is 23.5. The monoisotopic (exact) mass is 600 g/mol. The molecule has 0 radical (unpaired) electrons. The molecule has 1 unspecified atom stereocenters. The summed E-state index contributed by atoms with van der Waals surface area (Å²) in [6.45, 7) is 3.60. The molecular weight excluding hydrogens is 569 g/mol. The second-order valence-corrected chi connectivity index (χ2v) is 10.7. The Morgan fingerprint density at radius 2 is 1.88 bits per heavy atom. The SMILES string of the molecule is CC(C)C[C@@H](NC(=O)c1ccc(-c2cccc(C(F)(F)F)c2)o1)C(=O)NC1CCCN(C(=O)c2cccc[n+]2[O-])CC1=O. The minimum atomic E-state index is -4.55. The molecule has 1 aliphatic heterocycles. The lowest BCUT2D eigenvalue weighted by Crippen LogP contribution is -2.53. The molecule has 2 aromatic heterocycles. The van der Waals surface area contributed by atoms with Crippen molar-refractivity contribution in [1.29, 1.82) is 0 Å². The van der Waals surface area contributed by atoms with Crippen LogP contribution in [0.1, 0.15) is 59.7 Å². The van der Waals surface area contributed by atoms with Crippen molar-refractivity contribution < 1.29 is 41.5 Å². The minimum absolute atomic E-state index is 0.0315. The largest absolute Gasteiger partial charge is 0.618 e. The summed E-state index contributed by atoms with van der Waals surface area (Å²) in [4.78, 5) is 53.4. The molecule has 3 amide bonds. The fourth-order valence-corrected chi connectivity index (χ4v) is 4.77. The quantitative estimate of drug-likeness (QED) is 0.299. The Morgan fingerprint density at radius 1 is 1.12 bits per heavy atom. The topological polar surface area (TPSA) is 136 Å². The van der Waals surface area contributed by atoms with Crippen LogP contribution in [0.3, 0.4) is 0 Å². The van der Waals surface area contributed by atoms with Crippen LogP contribution in [0, 0.1) is 11.1 Å². The van der Waals surface area contributed by atoms with E-state index in [2.05, 4.69) is 10.6 Å². The molecule has 1 aromatic carbocycles. The van der Waals surface area contributed by atoms with Gasteiger partial charge in [0.05, 0.1) is 18.2 Å². The number of ketones is 1. The molecule has 0 aliphatic carbocycles. The van der Waals surface area contributed by atoms with Crippen molar-refractivity contribution in [2.75, 3.05) is 13.1 Å². The second-order valence-electron chi connectivity index (χ2n) is 10.7. The van der Waals surface area contributed by atoms with E-state index in [1.54, 1.807) is 6.07 Å². The summed E-state index contributed by atoms with van der Waals surface area (Å²) < 4.78 is 45.3. The Balaban J connectivity index is 1.42. The molecule has 1 fully saturated rings. The van der Waals surface area contributed by atoms with E-state index in [-0.39, 0.29) is 54.6 Å². The molecule has 0 spiro atoms. The molecule has 228 valence electrons. The van der Waals surface area contributed by atoms with Gasteiger partial charge in [0, 0.05) is 24.2 Å². The number of alkyl halides is 3. The molecule has 1 saturated heterocycles. The molecule has 4 rings (SSSR count). The molecule has 2 atom stereocenters. The van der Waals surface area contributed by atoms with Crippen LogP contribution >= 0.6 is 0 Å². The first-order valence-corrected chi connectivity index (χ1v) is 13.7. The Bertz CT molecular complexity index is 1500. The van der Waals surface area contributed by atoms with Crippen molar-refractivity contribution in [3.63, 3.8) is 0 Å². The third-order valence-corrected chi connectivity index (χ3v) is 6.94. The second kappa shape index (κ2) is 13.1. The fourth-order valence-electron chi connectivity index (χ4n) is 4.77.